The van der Waals surface area contributed by atoms with Crippen LogP contribution in [0.25, 0.3) is 0 Å². The Bertz CT molecular complexity index is 823. The van der Waals surface area contributed by atoms with Crippen LogP contribution in [0, 0.1) is 0 Å². The van der Waals surface area contributed by atoms with E-state index in [1.807, 2.05) is 18.4 Å². The van der Waals surface area contributed by atoms with Gasteiger partial charge in [0.2, 0.25) is 0 Å². The van der Waals surface area contributed by atoms with Gasteiger partial charge in [-0.05, 0) is 37.4 Å². The van der Waals surface area contributed by atoms with E-state index in [1.165, 1.54) is 18.7 Å². The van der Waals surface area contributed by atoms with Gasteiger partial charge in [0.05, 0.1) is 5.56 Å². The van der Waals surface area contributed by atoms with Crippen molar-refractivity contribution in [2.24, 2.45) is 0 Å². The standard InChI is InChI=1S/C19H19NO5S/c1-12(25-19(22)14-5-3-4-6-17(14)26-2)18(21)20-13-7-8-15-16(11-13)24-10-9-23-15/h3-8,11-12H,9-10H2,1-2H3,(H,20,21). The van der Waals surface area contributed by atoms with Crippen molar-refractivity contribution in [3.05, 3.63) is 48.0 Å². The number of rotatable bonds is 5. The van der Waals surface area contributed by atoms with E-state index in [2.05, 4.69) is 5.32 Å². The Kier molecular flexibility index (Phi) is 5.68. The van der Waals surface area contributed by atoms with Gasteiger partial charge in [-0.3, -0.25) is 4.79 Å². The van der Waals surface area contributed by atoms with E-state index >= 15 is 0 Å². The van der Waals surface area contributed by atoms with Crippen molar-refractivity contribution in [3.8, 4) is 11.5 Å². The Hall–Kier alpha value is -2.67. The highest BCUT2D eigenvalue weighted by molar-refractivity contribution is 7.98. The minimum atomic E-state index is -0.939. The SMILES string of the molecule is CSc1ccccc1C(=O)OC(C)C(=O)Nc1ccc2c(c1)OCCO2. The maximum atomic E-state index is 12.3. The Morgan fingerprint density at radius 3 is 2.62 bits per heavy atom. The first-order valence-corrected chi connectivity index (χ1v) is 9.35. The molecule has 0 aliphatic carbocycles. The molecular weight excluding hydrogens is 354 g/mol. The maximum absolute atomic E-state index is 12.3. The normalized spacial score (nSPS) is 13.6. The Morgan fingerprint density at radius 2 is 1.85 bits per heavy atom. The first kappa shape index (κ1) is 18.1. The predicted molar refractivity (Wildman–Crippen MR) is 99.2 cm³/mol. The molecule has 2 aromatic carbocycles. The Balaban J connectivity index is 1.63. The summed E-state index contributed by atoms with van der Waals surface area (Å²) >= 11 is 1.45. The van der Waals surface area contributed by atoms with Gasteiger partial charge in [-0.2, -0.15) is 0 Å². The van der Waals surface area contributed by atoms with Gasteiger partial charge in [-0.15, -0.1) is 11.8 Å². The van der Waals surface area contributed by atoms with E-state index in [9.17, 15) is 9.59 Å². The van der Waals surface area contributed by atoms with Crippen LogP contribution in [0.1, 0.15) is 17.3 Å². The highest BCUT2D eigenvalue weighted by atomic mass is 32.2. The van der Waals surface area contributed by atoms with E-state index in [-0.39, 0.29) is 0 Å². The van der Waals surface area contributed by atoms with E-state index in [4.69, 9.17) is 14.2 Å². The molecule has 0 spiro atoms. The molecule has 0 radical (unpaired) electrons. The van der Waals surface area contributed by atoms with Gasteiger partial charge < -0.3 is 19.5 Å². The molecule has 7 heteroatoms. The smallest absolute Gasteiger partial charge is 0.340 e. The fraction of sp³-hybridized carbons (Fsp3) is 0.263. The average Bonchev–Trinajstić information content (AvgIpc) is 2.67. The number of thioether (sulfide) groups is 1. The van der Waals surface area contributed by atoms with Gasteiger partial charge in [-0.25, -0.2) is 4.79 Å². The molecule has 0 saturated carbocycles. The number of hydrogen-bond donors (Lipinski definition) is 1. The third kappa shape index (κ3) is 4.11. The van der Waals surface area contributed by atoms with E-state index in [0.717, 1.165) is 4.90 Å². The van der Waals surface area contributed by atoms with Crippen LogP contribution in [0.3, 0.4) is 0 Å². The number of anilines is 1. The minimum Gasteiger partial charge on any atom is -0.486 e. The van der Waals surface area contributed by atoms with Crippen molar-refractivity contribution in [2.75, 3.05) is 24.8 Å². The average molecular weight is 373 g/mol. The maximum Gasteiger partial charge on any atom is 0.340 e. The summed E-state index contributed by atoms with van der Waals surface area (Å²) in [4.78, 5) is 25.5. The summed E-state index contributed by atoms with van der Waals surface area (Å²) in [6.45, 7) is 2.50. The molecule has 1 unspecified atom stereocenters. The number of benzene rings is 2. The van der Waals surface area contributed by atoms with E-state index < -0.39 is 18.0 Å². The van der Waals surface area contributed by atoms with Crippen molar-refractivity contribution < 1.29 is 23.8 Å². The molecule has 0 bridgehead atoms. The van der Waals surface area contributed by atoms with Gasteiger partial charge in [0, 0.05) is 16.6 Å². The van der Waals surface area contributed by atoms with Crippen molar-refractivity contribution >= 4 is 29.3 Å². The number of ether oxygens (including phenoxy) is 3. The number of esters is 1. The number of nitrogens with one attached hydrogen (secondary N) is 1. The summed E-state index contributed by atoms with van der Waals surface area (Å²) in [5.41, 5.74) is 0.991. The van der Waals surface area contributed by atoms with Crippen LogP contribution in [-0.2, 0) is 9.53 Å². The molecule has 1 heterocycles. The van der Waals surface area contributed by atoms with E-state index in [0.29, 0.717) is 36.0 Å². The number of amides is 1. The van der Waals surface area contributed by atoms with Crippen molar-refractivity contribution in [2.45, 2.75) is 17.9 Å². The fourth-order valence-electron chi connectivity index (χ4n) is 2.46. The molecule has 26 heavy (non-hydrogen) atoms. The second kappa shape index (κ2) is 8.14. The van der Waals surface area contributed by atoms with Crippen LogP contribution >= 0.6 is 11.8 Å². The van der Waals surface area contributed by atoms with Crippen molar-refractivity contribution in [1.29, 1.82) is 0 Å². The summed E-state index contributed by atoms with van der Waals surface area (Å²) < 4.78 is 16.2. The van der Waals surface area contributed by atoms with Crippen LogP contribution in [0.2, 0.25) is 0 Å². The largest absolute Gasteiger partial charge is 0.486 e. The summed E-state index contributed by atoms with van der Waals surface area (Å²) in [7, 11) is 0. The highest BCUT2D eigenvalue weighted by Gasteiger charge is 2.21. The molecule has 2 aromatic rings. The number of carbonyl (C=O) groups is 2. The number of hydrogen-bond acceptors (Lipinski definition) is 6. The lowest BCUT2D eigenvalue weighted by Crippen LogP contribution is -2.30. The lowest BCUT2D eigenvalue weighted by atomic mass is 10.2. The quantitative estimate of drug-likeness (QED) is 0.640. The van der Waals surface area contributed by atoms with Gasteiger partial charge >= 0.3 is 5.97 Å². The molecule has 1 atom stereocenters. The first-order chi connectivity index (χ1) is 12.6. The third-order valence-electron chi connectivity index (χ3n) is 3.79. The van der Waals surface area contributed by atoms with Crippen molar-refractivity contribution in [1.82, 2.24) is 0 Å². The molecule has 1 amide bonds. The van der Waals surface area contributed by atoms with Gasteiger partial charge in [0.1, 0.15) is 13.2 Å². The molecule has 0 fully saturated rings. The topological polar surface area (TPSA) is 73.9 Å². The monoisotopic (exact) mass is 373 g/mol. The van der Waals surface area contributed by atoms with E-state index in [1.54, 1.807) is 30.3 Å². The summed E-state index contributed by atoms with van der Waals surface area (Å²) in [5, 5.41) is 2.72. The Morgan fingerprint density at radius 1 is 1.12 bits per heavy atom. The number of fused-ring (bicyclic) bond motifs is 1. The molecule has 1 aliphatic rings. The molecule has 1 N–H and O–H groups in total. The zero-order chi connectivity index (χ0) is 18.5. The van der Waals surface area contributed by atoms with Crippen LogP contribution in [0.5, 0.6) is 11.5 Å². The summed E-state index contributed by atoms with van der Waals surface area (Å²) in [6.07, 6.45) is 0.940. The second-order valence-electron chi connectivity index (χ2n) is 5.60. The molecule has 3 rings (SSSR count). The summed E-state index contributed by atoms with van der Waals surface area (Å²) in [6, 6.07) is 12.3. The van der Waals surface area contributed by atoms with Crippen LogP contribution < -0.4 is 14.8 Å². The van der Waals surface area contributed by atoms with Gasteiger partial charge in [0.25, 0.3) is 5.91 Å². The Labute approximate surface area is 155 Å². The highest BCUT2D eigenvalue weighted by Crippen LogP contribution is 2.32. The van der Waals surface area contributed by atoms with Crippen molar-refractivity contribution in [3.63, 3.8) is 0 Å². The lowest BCUT2D eigenvalue weighted by molar-refractivity contribution is -0.123. The van der Waals surface area contributed by atoms with Crippen LogP contribution in [0.4, 0.5) is 5.69 Å². The van der Waals surface area contributed by atoms with Crippen LogP contribution in [-0.4, -0.2) is 37.4 Å². The minimum absolute atomic E-state index is 0.420. The molecule has 0 aromatic heterocycles. The first-order valence-electron chi connectivity index (χ1n) is 8.13. The van der Waals surface area contributed by atoms with Gasteiger partial charge in [-0.1, -0.05) is 12.1 Å². The third-order valence-corrected chi connectivity index (χ3v) is 4.59. The zero-order valence-electron chi connectivity index (χ0n) is 14.5. The molecule has 0 saturated heterocycles. The summed E-state index contributed by atoms with van der Waals surface area (Å²) in [5.74, 6) is 0.270. The van der Waals surface area contributed by atoms with Gasteiger partial charge in [0.15, 0.2) is 17.6 Å². The number of carbonyl (C=O) groups excluding carboxylic acids is 2. The second-order valence-corrected chi connectivity index (χ2v) is 6.44. The fourth-order valence-corrected chi connectivity index (χ4v) is 3.04. The molecule has 136 valence electrons. The predicted octanol–water partition coefficient (Wildman–Crippen LogP) is 3.36. The lowest BCUT2D eigenvalue weighted by Gasteiger charge is -2.19. The molecule has 1 aliphatic heterocycles. The molecule has 6 nitrogen and oxygen atoms in total. The zero-order valence-corrected chi connectivity index (χ0v) is 15.3. The molecular formula is C19H19NO5S. The van der Waals surface area contributed by atoms with Crippen LogP contribution in [0.15, 0.2) is 47.4 Å².